The van der Waals surface area contributed by atoms with Crippen molar-refractivity contribution in [2.75, 3.05) is 0 Å². The first kappa shape index (κ1) is 15.3. The average molecular weight is 310 g/mol. The van der Waals surface area contributed by atoms with E-state index < -0.39 is 34.1 Å². The number of halogens is 4. The number of rotatable bonds is 2. The average Bonchev–Trinajstić information content (AvgIpc) is 2.51. The molecule has 0 radical (unpaired) electrons. The number of allylic oxidation sites excluding steroid dienone is 3. The minimum Gasteiger partial charge on any atom is -0.208 e. The van der Waals surface area contributed by atoms with E-state index >= 15 is 0 Å². The zero-order valence-electron chi connectivity index (χ0n) is 12.6. The standard InChI is InChI=1S/C18H18F4/c1-11-3-4-12(14(20)13(11)19)5-6-18-9-7-17(2,8-10-18)15(21)16(18)22/h3-6H,7-10H2,1-2H3/b6-5+. The van der Waals surface area contributed by atoms with Gasteiger partial charge in [0.2, 0.25) is 0 Å². The van der Waals surface area contributed by atoms with Crippen molar-refractivity contribution >= 4 is 6.08 Å². The molecule has 0 saturated heterocycles. The van der Waals surface area contributed by atoms with Gasteiger partial charge in [-0.1, -0.05) is 31.2 Å². The monoisotopic (exact) mass is 310 g/mol. The third kappa shape index (κ3) is 2.11. The van der Waals surface area contributed by atoms with Gasteiger partial charge in [-0.05, 0) is 38.2 Å². The SMILES string of the molecule is Cc1ccc(/C=C/C23CCC(C)(CC2)C(F)=C3F)c(F)c1F. The fourth-order valence-electron chi connectivity index (χ4n) is 3.45. The summed E-state index contributed by atoms with van der Waals surface area (Å²) in [5.41, 5.74) is -1.42. The van der Waals surface area contributed by atoms with Crippen LogP contribution < -0.4 is 0 Å². The van der Waals surface area contributed by atoms with E-state index in [0.29, 0.717) is 25.7 Å². The number of hydrogen-bond acceptors (Lipinski definition) is 0. The Hall–Kier alpha value is -1.58. The molecule has 0 unspecified atom stereocenters. The zero-order chi connectivity index (χ0) is 16.1. The summed E-state index contributed by atoms with van der Waals surface area (Å²) >= 11 is 0. The summed E-state index contributed by atoms with van der Waals surface area (Å²) < 4.78 is 56.0. The molecule has 1 aromatic carbocycles. The van der Waals surface area contributed by atoms with Crippen molar-refractivity contribution in [3.05, 3.63) is 52.6 Å². The molecule has 0 aliphatic heterocycles. The Balaban J connectivity index is 1.98. The van der Waals surface area contributed by atoms with Gasteiger partial charge in [0.1, 0.15) is 11.7 Å². The van der Waals surface area contributed by atoms with Crippen molar-refractivity contribution in [3.63, 3.8) is 0 Å². The molecule has 1 saturated carbocycles. The quantitative estimate of drug-likeness (QED) is 0.586. The minimum atomic E-state index is -1.00. The molecule has 2 bridgehead atoms. The van der Waals surface area contributed by atoms with Crippen LogP contribution in [-0.2, 0) is 0 Å². The molecule has 118 valence electrons. The Morgan fingerprint density at radius 1 is 0.909 bits per heavy atom. The maximum Gasteiger partial charge on any atom is 0.166 e. The van der Waals surface area contributed by atoms with Crippen LogP contribution in [0.2, 0.25) is 0 Å². The van der Waals surface area contributed by atoms with Crippen LogP contribution in [0.1, 0.15) is 43.7 Å². The van der Waals surface area contributed by atoms with E-state index in [1.54, 1.807) is 6.92 Å². The van der Waals surface area contributed by atoms with E-state index in [-0.39, 0.29) is 11.1 Å². The summed E-state index contributed by atoms with van der Waals surface area (Å²) in [5.74, 6) is -3.27. The first-order valence-electron chi connectivity index (χ1n) is 7.49. The molecule has 3 aliphatic carbocycles. The highest BCUT2D eigenvalue weighted by molar-refractivity contribution is 5.53. The normalized spacial score (nSPS) is 31.4. The summed E-state index contributed by atoms with van der Waals surface area (Å²) in [7, 11) is 0. The largest absolute Gasteiger partial charge is 0.208 e. The number of fused-ring (bicyclic) bond motifs is 2. The van der Waals surface area contributed by atoms with Gasteiger partial charge in [-0.3, -0.25) is 0 Å². The fourth-order valence-corrected chi connectivity index (χ4v) is 3.45. The van der Waals surface area contributed by atoms with Crippen molar-refractivity contribution in [2.24, 2.45) is 10.8 Å². The lowest BCUT2D eigenvalue weighted by Gasteiger charge is -2.48. The van der Waals surface area contributed by atoms with Crippen molar-refractivity contribution in [1.82, 2.24) is 0 Å². The highest BCUT2D eigenvalue weighted by Crippen LogP contribution is 2.61. The molecule has 0 nitrogen and oxygen atoms in total. The Kier molecular flexibility index (Phi) is 3.46. The highest BCUT2D eigenvalue weighted by atomic mass is 19.2. The second-order valence-corrected chi connectivity index (χ2v) is 6.78. The van der Waals surface area contributed by atoms with Gasteiger partial charge in [-0.2, -0.15) is 0 Å². The van der Waals surface area contributed by atoms with Crippen LogP contribution in [0.5, 0.6) is 0 Å². The molecule has 0 heterocycles. The molecule has 4 rings (SSSR count). The van der Waals surface area contributed by atoms with Crippen LogP contribution in [0.3, 0.4) is 0 Å². The molecule has 4 heteroatoms. The van der Waals surface area contributed by atoms with Gasteiger partial charge in [-0.15, -0.1) is 0 Å². The first-order valence-corrected chi connectivity index (χ1v) is 7.49. The molecule has 0 aromatic heterocycles. The van der Waals surface area contributed by atoms with E-state index in [2.05, 4.69) is 0 Å². The Morgan fingerprint density at radius 2 is 1.55 bits per heavy atom. The number of benzene rings is 1. The smallest absolute Gasteiger partial charge is 0.166 e. The van der Waals surface area contributed by atoms with Crippen LogP contribution in [0.4, 0.5) is 17.6 Å². The lowest BCUT2D eigenvalue weighted by Crippen LogP contribution is -2.39. The molecule has 0 amide bonds. The number of hydrogen-bond donors (Lipinski definition) is 0. The second-order valence-electron chi connectivity index (χ2n) is 6.78. The Bertz CT molecular complexity index is 677. The third-order valence-corrected chi connectivity index (χ3v) is 5.29. The van der Waals surface area contributed by atoms with Gasteiger partial charge in [0, 0.05) is 16.4 Å². The summed E-state index contributed by atoms with van der Waals surface area (Å²) in [4.78, 5) is 0. The Morgan fingerprint density at radius 3 is 2.18 bits per heavy atom. The second kappa shape index (κ2) is 4.97. The molecule has 0 N–H and O–H groups in total. The Labute approximate surface area is 127 Å². The summed E-state index contributed by atoms with van der Waals surface area (Å²) in [5, 5.41) is 0. The molecular formula is C18H18F4. The molecule has 0 atom stereocenters. The van der Waals surface area contributed by atoms with E-state index in [9.17, 15) is 17.6 Å². The van der Waals surface area contributed by atoms with Crippen molar-refractivity contribution in [2.45, 2.75) is 39.5 Å². The van der Waals surface area contributed by atoms with E-state index in [1.165, 1.54) is 31.2 Å². The predicted molar refractivity (Wildman–Crippen MR) is 78.4 cm³/mol. The molecule has 1 fully saturated rings. The maximum absolute atomic E-state index is 14.4. The van der Waals surface area contributed by atoms with Gasteiger partial charge >= 0.3 is 0 Å². The molecule has 22 heavy (non-hydrogen) atoms. The molecule has 0 spiro atoms. The van der Waals surface area contributed by atoms with Gasteiger partial charge in [0.15, 0.2) is 11.6 Å². The van der Waals surface area contributed by atoms with Crippen molar-refractivity contribution in [3.8, 4) is 0 Å². The fraction of sp³-hybridized carbons (Fsp3) is 0.444. The van der Waals surface area contributed by atoms with Gasteiger partial charge < -0.3 is 0 Å². The minimum absolute atomic E-state index is 0.0598. The highest BCUT2D eigenvalue weighted by Gasteiger charge is 2.52. The van der Waals surface area contributed by atoms with E-state index in [1.807, 2.05) is 0 Å². The van der Waals surface area contributed by atoms with E-state index in [4.69, 9.17) is 0 Å². The third-order valence-electron chi connectivity index (χ3n) is 5.29. The van der Waals surface area contributed by atoms with Gasteiger partial charge in [0.05, 0.1) is 0 Å². The zero-order valence-corrected chi connectivity index (χ0v) is 12.6. The predicted octanol–water partition coefficient (Wildman–Crippen LogP) is 6.02. The van der Waals surface area contributed by atoms with Crippen LogP contribution in [0.25, 0.3) is 6.08 Å². The summed E-state index contributed by atoms with van der Waals surface area (Å²) in [6.45, 7) is 3.22. The first-order chi connectivity index (χ1) is 10.3. The van der Waals surface area contributed by atoms with Crippen LogP contribution in [-0.4, -0.2) is 0 Å². The lowest BCUT2D eigenvalue weighted by molar-refractivity contribution is 0.0874. The molecule has 1 aromatic rings. The van der Waals surface area contributed by atoms with Crippen molar-refractivity contribution in [1.29, 1.82) is 0 Å². The maximum atomic E-state index is 14.4. The summed E-state index contributed by atoms with van der Waals surface area (Å²) in [6, 6.07) is 2.93. The van der Waals surface area contributed by atoms with E-state index in [0.717, 1.165) is 0 Å². The lowest BCUT2D eigenvalue weighted by atomic mass is 9.57. The molecule has 3 aliphatic rings. The summed E-state index contributed by atoms with van der Waals surface area (Å²) in [6.07, 6.45) is 5.01. The van der Waals surface area contributed by atoms with Crippen LogP contribution >= 0.6 is 0 Å². The van der Waals surface area contributed by atoms with Crippen molar-refractivity contribution < 1.29 is 17.6 Å². The number of aryl methyl sites for hydroxylation is 1. The molecular weight excluding hydrogens is 292 g/mol. The topological polar surface area (TPSA) is 0 Å². The van der Waals surface area contributed by atoms with Crippen LogP contribution in [0, 0.1) is 29.4 Å². The van der Waals surface area contributed by atoms with Crippen LogP contribution in [0.15, 0.2) is 29.9 Å². The van der Waals surface area contributed by atoms with Gasteiger partial charge in [-0.25, -0.2) is 17.6 Å². The van der Waals surface area contributed by atoms with Gasteiger partial charge in [0.25, 0.3) is 0 Å².